The number of nitrogen functional groups attached to an aromatic ring is 1. The molecule has 2 aromatic heterocycles. The summed E-state index contributed by atoms with van der Waals surface area (Å²) in [7, 11) is 1.82. The summed E-state index contributed by atoms with van der Waals surface area (Å²) in [6.45, 7) is 0. The second kappa shape index (κ2) is 2.45. The van der Waals surface area contributed by atoms with Crippen LogP contribution < -0.4 is 5.73 Å². The minimum absolute atomic E-state index is 0.221. The zero-order valence-electron chi connectivity index (χ0n) is 7.02. The lowest BCUT2D eigenvalue weighted by Crippen LogP contribution is -1.96. The number of aromatic nitrogens is 3. The Balaban J connectivity index is 2.90. The molecule has 2 rings (SSSR count). The maximum atomic E-state index is 8.77. The van der Waals surface area contributed by atoms with E-state index < -0.39 is 0 Å². The van der Waals surface area contributed by atoms with Crippen LogP contribution in [0, 0.1) is 11.3 Å². The molecule has 0 bridgehead atoms. The predicted octanol–water partition coefficient (Wildman–Crippen LogP) is 0.422. The Morgan fingerprint density at radius 3 is 3.08 bits per heavy atom. The van der Waals surface area contributed by atoms with Crippen LogP contribution in [0.1, 0.15) is 5.56 Å². The van der Waals surface area contributed by atoms with Gasteiger partial charge in [0.2, 0.25) is 5.95 Å². The maximum Gasteiger partial charge on any atom is 0.221 e. The number of nitrogens with zero attached hydrogens (tertiary/aromatic N) is 4. The molecule has 0 aromatic carbocycles. The molecular weight excluding hydrogens is 166 g/mol. The van der Waals surface area contributed by atoms with Gasteiger partial charge in [0.1, 0.15) is 11.7 Å². The molecule has 0 saturated carbocycles. The fourth-order valence-electron chi connectivity index (χ4n) is 1.26. The average molecular weight is 173 g/mol. The number of nitrogens with two attached hydrogens (primary N) is 1. The first-order valence-corrected chi connectivity index (χ1v) is 3.70. The van der Waals surface area contributed by atoms with E-state index in [9.17, 15) is 0 Å². The van der Waals surface area contributed by atoms with Crippen molar-refractivity contribution in [2.24, 2.45) is 7.05 Å². The maximum absolute atomic E-state index is 8.77. The van der Waals surface area contributed by atoms with Gasteiger partial charge in [-0.2, -0.15) is 10.2 Å². The highest BCUT2D eigenvalue weighted by atomic mass is 15.1. The summed E-state index contributed by atoms with van der Waals surface area (Å²) >= 11 is 0. The lowest BCUT2D eigenvalue weighted by Gasteiger charge is -1.94. The van der Waals surface area contributed by atoms with Crippen LogP contribution in [-0.2, 0) is 7.05 Å². The SMILES string of the molecule is Cn1cc(C#N)c2cnc(N)nc21. The first kappa shape index (κ1) is 7.55. The fourth-order valence-corrected chi connectivity index (χ4v) is 1.26. The molecule has 0 amide bonds. The van der Waals surface area contributed by atoms with Crippen LogP contribution >= 0.6 is 0 Å². The summed E-state index contributed by atoms with van der Waals surface area (Å²) in [6, 6.07) is 2.07. The topological polar surface area (TPSA) is 80.5 Å². The molecule has 5 heteroatoms. The van der Waals surface area contributed by atoms with E-state index in [2.05, 4.69) is 16.0 Å². The lowest BCUT2D eigenvalue weighted by molar-refractivity contribution is 0.944. The van der Waals surface area contributed by atoms with E-state index in [1.807, 2.05) is 7.05 Å². The number of hydrogen-bond donors (Lipinski definition) is 1. The summed E-state index contributed by atoms with van der Waals surface area (Å²) in [5, 5.41) is 9.50. The zero-order chi connectivity index (χ0) is 9.42. The monoisotopic (exact) mass is 173 g/mol. The number of aryl methyl sites for hydroxylation is 1. The summed E-state index contributed by atoms with van der Waals surface area (Å²) in [5.41, 5.74) is 6.68. The smallest absolute Gasteiger partial charge is 0.221 e. The van der Waals surface area contributed by atoms with Crippen molar-refractivity contribution in [2.75, 3.05) is 5.73 Å². The molecule has 0 aliphatic carbocycles. The van der Waals surface area contributed by atoms with Gasteiger partial charge in [-0.1, -0.05) is 0 Å². The molecular formula is C8H7N5. The van der Waals surface area contributed by atoms with E-state index in [4.69, 9.17) is 11.0 Å². The largest absolute Gasteiger partial charge is 0.368 e. The van der Waals surface area contributed by atoms with Crippen LogP contribution in [0.5, 0.6) is 0 Å². The third-order valence-corrected chi connectivity index (χ3v) is 1.85. The highest BCUT2D eigenvalue weighted by Crippen LogP contribution is 2.17. The van der Waals surface area contributed by atoms with E-state index in [-0.39, 0.29) is 5.95 Å². The Bertz CT molecular complexity index is 505. The number of anilines is 1. The van der Waals surface area contributed by atoms with Crippen LogP contribution in [0.3, 0.4) is 0 Å². The van der Waals surface area contributed by atoms with Crippen molar-refractivity contribution in [1.82, 2.24) is 14.5 Å². The van der Waals surface area contributed by atoms with Crippen molar-refractivity contribution in [3.63, 3.8) is 0 Å². The highest BCUT2D eigenvalue weighted by Gasteiger charge is 2.07. The molecule has 5 nitrogen and oxygen atoms in total. The molecule has 0 radical (unpaired) electrons. The van der Waals surface area contributed by atoms with Crippen molar-refractivity contribution in [3.8, 4) is 6.07 Å². The van der Waals surface area contributed by atoms with Gasteiger partial charge in [-0.3, -0.25) is 0 Å². The standard InChI is InChI=1S/C8H7N5/c1-13-4-5(2-9)6-3-11-8(10)12-7(6)13/h3-4H,1H3,(H2,10,11,12). The van der Waals surface area contributed by atoms with E-state index in [0.717, 1.165) is 5.39 Å². The second-order valence-electron chi connectivity index (χ2n) is 2.73. The van der Waals surface area contributed by atoms with Crippen LogP contribution in [0.15, 0.2) is 12.4 Å². The van der Waals surface area contributed by atoms with Gasteiger partial charge in [0.15, 0.2) is 0 Å². The molecule has 0 atom stereocenters. The minimum Gasteiger partial charge on any atom is -0.368 e. The molecule has 0 saturated heterocycles. The van der Waals surface area contributed by atoms with Gasteiger partial charge < -0.3 is 10.3 Å². The predicted molar refractivity (Wildman–Crippen MR) is 47.6 cm³/mol. The Morgan fingerprint density at radius 2 is 2.38 bits per heavy atom. The second-order valence-corrected chi connectivity index (χ2v) is 2.73. The van der Waals surface area contributed by atoms with Gasteiger partial charge >= 0.3 is 0 Å². The van der Waals surface area contributed by atoms with Crippen LogP contribution in [0.25, 0.3) is 11.0 Å². The van der Waals surface area contributed by atoms with E-state index in [1.165, 1.54) is 0 Å². The summed E-state index contributed by atoms with van der Waals surface area (Å²) in [5.74, 6) is 0.221. The van der Waals surface area contributed by atoms with E-state index in [1.54, 1.807) is 17.0 Å². The highest BCUT2D eigenvalue weighted by molar-refractivity contribution is 5.83. The van der Waals surface area contributed by atoms with Crippen molar-refractivity contribution in [1.29, 1.82) is 5.26 Å². The zero-order valence-corrected chi connectivity index (χ0v) is 7.02. The normalized spacial score (nSPS) is 10.2. The van der Waals surface area contributed by atoms with Crippen molar-refractivity contribution in [3.05, 3.63) is 18.0 Å². The van der Waals surface area contributed by atoms with Gasteiger partial charge in [-0.25, -0.2) is 4.98 Å². The fraction of sp³-hybridized carbons (Fsp3) is 0.125. The third-order valence-electron chi connectivity index (χ3n) is 1.85. The molecule has 2 N–H and O–H groups in total. The Morgan fingerprint density at radius 1 is 1.62 bits per heavy atom. The summed E-state index contributed by atoms with van der Waals surface area (Å²) in [6.07, 6.45) is 3.27. The van der Waals surface area contributed by atoms with Gasteiger partial charge in [-0.15, -0.1) is 0 Å². The lowest BCUT2D eigenvalue weighted by atomic mass is 10.3. The molecule has 64 valence electrons. The van der Waals surface area contributed by atoms with Gasteiger partial charge in [0.05, 0.1) is 10.9 Å². The first-order valence-electron chi connectivity index (χ1n) is 3.70. The van der Waals surface area contributed by atoms with Crippen LogP contribution in [0.4, 0.5) is 5.95 Å². The number of hydrogen-bond acceptors (Lipinski definition) is 4. The Hall–Kier alpha value is -2.09. The van der Waals surface area contributed by atoms with Gasteiger partial charge in [-0.05, 0) is 0 Å². The molecule has 0 spiro atoms. The van der Waals surface area contributed by atoms with Crippen LogP contribution in [0.2, 0.25) is 0 Å². The van der Waals surface area contributed by atoms with Crippen molar-refractivity contribution >= 4 is 17.0 Å². The quantitative estimate of drug-likeness (QED) is 0.626. The number of rotatable bonds is 0. The van der Waals surface area contributed by atoms with Crippen LogP contribution in [-0.4, -0.2) is 14.5 Å². The number of fused-ring (bicyclic) bond motifs is 1. The summed E-state index contributed by atoms with van der Waals surface area (Å²) in [4.78, 5) is 7.85. The molecule has 0 aliphatic rings. The molecule has 13 heavy (non-hydrogen) atoms. The van der Waals surface area contributed by atoms with E-state index in [0.29, 0.717) is 11.2 Å². The molecule has 0 aliphatic heterocycles. The Labute approximate surface area is 74.4 Å². The third kappa shape index (κ3) is 0.999. The van der Waals surface area contributed by atoms with Gasteiger partial charge in [0.25, 0.3) is 0 Å². The minimum atomic E-state index is 0.221. The summed E-state index contributed by atoms with van der Waals surface area (Å²) < 4.78 is 1.76. The van der Waals surface area contributed by atoms with Gasteiger partial charge in [0, 0.05) is 19.4 Å². The Kier molecular flexibility index (Phi) is 1.43. The first-order chi connectivity index (χ1) is 6.22. The average Bonchev–Trinajstić information content (AvgIpc) is 2.43. The molecule has 0 unspecified atom stereocenters. The molecule has 0 fully saturated rings. The molecule has 2 heterocycles. The van der Waals surface area contributed by atoms with Crippen molar-refractivity contribution < 1.29 is 0 Å². The number of nitriles is 1. The van der Waals surface area contributed by atoms with Crippen molar-refractivity contribution in [2.45, 2.75) is 0 Å². The molecule has 2 aromatic rings. The van der Waals surface area contributed by atoms with E-state index >= 15 is 0 Å².